The molecule has 6 heteroatoms. The van der Waals surface area contributed by atoms with Gasteiger partial charge in [0.15, 0.2) is 0 Å². The summed E-state index contributed by atoms with van der Waals surface area (Å²) in [5.41, 5.74) is 5.00. The van der Waals surface area contributed by atoms with Crippen molar-refractivity contribution in [2.45, 2.75) is 46.0 Å². The molecule has 0 saturated heterocycles. The maximum atomic E-state index is 12.8. The number of rotatable bonds is 6. The highest BCUT2D eigenvalue weighted by atomic mass is 32.1. The molecule has 0 fully saturated rings. The number of benzene rings is 1. The lowest BCUT2D eigenvalue weighted by Crippen LogP contribution is -2.26. The van der Waals surface area contributed by atoms with Gasteiger partial charge in [0.2, 0.25) is 0 Å². The average molecular weight is 410 g/mol. The molecule has 0 unspecified atom stereocenters. The Morgan fingerprint density at radius 2 is 1.97 bits per heavy atom. The van der Waals surface area contributed by atoms with Crippen LogP contribution in [0.15, 0.2) is 30.3 Å². The van der Waals surface area contributed by atoms with E-state index in [1.165, 1.54) is 23.4 Å². The van der Waals surface area contributed by atoms with Crippen LogP contribution in [0.5, 0.6) is 5.75 Å². The number of carbonyl (C=O) groups excluding carboxylic acids is 1. The van der Waals surface area contributed by atoms with E-state index in [0.29, 0.717) is 6.54 Å². The quantitative estimate of drug-likeness (QED) is 0.656. The molecule has 1 amide bonds. The number of aromatic nitrogens is 2. The number of hydrogen-bond donors (Lipinski definition) is 1. The molecule has 0 saturated carbocycles. The Balaban J connectivity index is 1.42. The van der Waals surface area contributed by atoms with Gasteiger partial charge in [0.1, 0.15) is 5.75 Å². The number of ether oxygens (including phenoxy) is 1. The van der Waals surface area contributed by atoms with Crippen molar-refractivity contribution >= 4 is 17.2 Å². The molecule has 1 N–H and O–H groups in total. The van der Waals surface area contributed by atoms with Crippen molar-refractivity contribution in [2.24, 2.45) is 0 Å². The summed E-state index contributed by atoms with van der Waals surface area (Å²) in [5.74, 6) is 0.789. The summed E-state index contributed by atoms with van der Waals surface area (Å²) >= 11 is 1.82. The zero-order valence-corrected chi connectivity index (χ0v) is 18.1. The number of nitrogens with one attached hydrogen (secondary N) is 1. The Morgan fingerprint density at radius 3 is 2.69 bits per heavy atom. The second-order valence-electron chi connectivity index (χ2n) is 7.51. The standard InChI is InChI=1S/C23H27N3O2S/c1-15-14-19(16(2)26(15)17-8-10-18(28-3)11-9-17)23(27)24-13-12-22-25-20-6-4-5-7-21(20)29-22/h8-11,14H,4-7,12-13H2,1-3H3,(H,24,27). The minimum absolute atomic E-state index is 0.0285. The lowest BCUT2D eigenvalue weighted by Gasteiger charge is -2.11. The largest absolute Gasteiger partial charge is 0.497 e. The molecule has 29 heavy (non-hydrogen) atoms. The van der Waals surface area contributed by atoms with Crippen molar-refractivity contribution in [3.05, 3.63) is 62.9 Å². The highest BCUT2D eigenvalue weighted by Crippen LogP contribution is 2.27. The van der Waals surface area contributed by atoms with Crippen LogP contribution in [-0.4, -0.2) is 29.1 Å². The molecule has 1 aromatic carbocycles. The molecule has 0 spiro atoms. The van der Waals surface area contributed by atoms with E-state index in [2.05, 4.69) is 9.88 Å². The fourth-order valence-corrected chi connectivity index (χ4v) is 5.17. The number of amides is 1. The van der Waals surface area contributed by atoms with Crippen LogP contribution in [0.4, 0.5) is 0 Å². The van der Waals surface area contributed by atoms with Crippen LogP contribution in [0, 0.1) is 13.8 Å². The molecule has 152 valence electrons. The van der Waals surface area contributed by atoms with E-state index in [0.717, 1.165) is 52.7 Å². The Kier molecular flexibility index (Phi) is 5.72. The van der Waals surface area contributed by atoms with Crippen molar-refractivity contribution in [3.63, 3.8) is 0 Å². The van der Waals surface area contributed by atoms with Crippen LogP contribution in [-0.2, 0) is 19.3 Å². The van der Waals surface area contributed by atoms with Gasteiger partial charge in [-0.3, -0.25) is 4.79 Å². The predicted molar refractivity (Wildman–Crippen MR) is 117 cm³/mol. The predicted octanol–water partition coefficient (Wildman–Crippen LogP) is 4.41. The van der Waals surface area contributed by atoms with Crippen LogP contribution < -0.4 is 10.1 Å². The number of aryl methyl sites for hydroxylation is 3. The second-order valence-corrected chi connectivity index (χ2v) is 8.68. The van der Waals surface area contributed by atoms with Crippen LogP contribution >= 0.6 is 11.3 Å². The SMILES string of the molecule is COc1ccc(-n2c(C)cc(C(=O)NCCc3nc4c(s3)CCCC4)c2C)cc1. The summed E-state index contributed by atoms with van der Waals surface area (Å²) in [6.07, 6.45) is 5.58. The minimum Gasteiger partial charge on any atom is -0.497 e. The number of fused-ring (bicyclic) bond motifs is 1. The lowest BCUT2D eigenvalue weighted by atomic mass is 10.0. The van der Waals surface area contributed by atoms with Gasteiger partial charge >= 0.3 is 0 Å². The summed E-state index contributed by atoms with van der Waals surface area (Å²) in [6, 6.07) is 9.83. The van der Waals surface area contributed by atoms with Gasteiger partial charge in [0, 0.05) is 34.9 Å². The number of thiazole rings is 1. The maximum Gasteiger partial charge on any atom is 0.253 e. The van der Waals surface area contributed by atoms with Crippen LogP contribution in [0.25, 0.3) is 5.69 Å². The van der Waals surface area contributed by atoms with Crippen molar-refractivity contribution in [3.8, 4) is 11.4 Å². The third-order valence-corrected chi connectivity index (χ3v) is 6.74. The number of methoxy groups -OCH3 is 1. The number of nitrogens with zero attached hydrogens (tertiary/aromatic N) is 2. The molecular formula is C23H27N3O2S. The molecular weight excluding hydrogens is 382 g/mol. The van der Waals surface area contributed by atoms with E-state index in [1.54, 1.807) is 7.11 Å². The average Bonchev–Trinajstić information content (AvgIpc) is 3.28. The highest BCUT2D eigenvalue weighted by molar-refractivity contribution is 7.11. The van der Waals surface area contributed by atoms with Crippen molar-refractivity contribution in [1.29, 1.82) is 0 Å². The van der Waals surface area contributed by atoms with Crippen LogP contribution in [0.1, 0.15) is 50.2 Å². The molecule has 1 aliphatic carbocycles. The fraction of sp³-hybridized carbons (Fsp3) is 0.391. The molecule has 3 aromatic rings. The number of carbonyl (C=O) groups is 1. The van der Waals surface area contributed by atoms with E-state index < -0.39 is 0 Å². The first-order chi connectivity index (χ1) is 14.1. The molecule has 5 nitrogen and oxygen atoms in total. The van der Waals surface area contributed by atoms with E-state index >= 15 is 0 Å². The van der Waals surface area contributed by atoms with Crippen molar-refractivity contribution in [2.75, 3.05) is 13.7 Å². The van der Waals surface area contributed by atoms with Gasteiger partial charge in [-0.2, -0.15) is 0 Å². The van der Waals surface area contributed by atoms with Gasteiger partial charge in [0.05, 0.1) is 23.4 Å². The van der Waals surface area contributed by atoms with Gasteiger partial charge in [-0.1, -0.05) is 0 Å². The molecule has 2 aromatic heterocycles. The normalized spacial score (nSPS) is 13.2. The number of hydrogen-bond acceptors (Lipinski definition) is 4. The Morgan fingerprint density at radius 1 is 1.21 bits per heavy atom. The summed E-state index contributed by atoms with van der Waals surface area (Å²) in [7, 11) is 1.66. The zero-order chi connectivity index (χ0) is 20.4. The Bertz CT molecular complexity index is 994. The summed E-state index contributed by atoms with van der Waals surface area (Å²) in [4.78, 5) is 19.0. The molecule has 0 radical (unpaired) electrons. The van der Waals surface area contributed by atoms with Gasteiger partial charge in [-0.15, -0.1) is 11.3 Å². The zero-order valence-electron chi connectivity index (χ0n) is 17.2. The molecule has 0 atom stereocenters. The molecule has 2 heterocycles. The third-order valence-electron chi connectivity index (χ3n) is 5.52. The van der Waals surface area contributed by atoms with Crippen molar-refractivity contribution in [1.82, 2.24) is 14.9 Å². The van der Waals surface area contributed by atoms with Gasteiger partial charge < -0.3 is 14.6 Å². The van der Waals surface area contributed by atoms with E-state index in [-0.39, 0.29) is 5.91 Å². The summed E-state index contributed by atoms with van der Waals surface area (Å²) in [6.45, 7) is 4.62. The summed E-state index contributed by atoms with van der Waals surface area (Å²) < 4.78 is 7.34. The highest BCUT2D eigenvalue weighted by Gasteiger charge is 2.18. The molecule has 0 bridgehead atoms. The van der Waals surface area contributed by atoms with Crippen LogP contribution in [0.3, 0.4) is 0 Å². The smallest absolute Gasteiger partial charge is 0.253 e. The Labute approximate surface area is 175 Å². The summed E-state index contributed by atoms with van der Waals surface area (Å²) in [5, 5.41) is 4.21. The van der Waals surface area contributed by atoms with Gasteiger partial charge in [-0.05, 0) is 69.9 Å². The van der Waals surface area contributed by atoms with E-state index in [9.17, 15) is 4.79 Å². The lowest BCUT2D eigenvalue weighted by molar-refractivity contribution is 0.0953. The first-order valence-corrected chi connectivity index (χ1v) is 11.0. The monoisotopic (exact) mass is 409 g/mol. The van der Waals surface area contributed by atoms with E-state index in [4.69, 9.17) is 9.72 Å². The second kappa shape index (κ2) is 8.41. The molecule has 4 rings (SSSR count). The van der Waals surface area contributed by atoms with Gasteiger partial charge in [0.25, 0.3) is 5.91 Å². The maximum absolute atomic E-state index is 12.8. The van der Waals surface area contributed by atoms with Crippen molar-refractivity contribution < 1.29 is 9.53 Å². The molecule has 0 aliphatic heterocycles. The minimum atomic E-state index is -0.0285. The first-order valence-electron chi connectivity index (χ1n) is 10.2. The van der Waals surface area contributed by atoms with E-state index in [1.807, 2.05) is 55.5 Å². The fourth-order valence-electron chi connectivity index (χ4n) is 4.01. The van der Waals surface area contributed by atoms with Crippen LogP contribution in [0.2, 0.25) is 0 Å². The third kappa shape index (κ3) is 4.08. The Hall–Kier alpha value is -2.60. The van der Waals surface area contributed by atoms with Gasteiger partial charge in [-0.25, -0.2) is 4.98 Å². The first kappa shape index (κ1) is 19.7. The molecule has 1 aliphatic rings. The topological polar surface area (TPSA) is 56.1 Å².